The minimum Gasteiger partial charge on any atom is -0.325 e. The van der Waals surface area contributed by atoms with Crippen LogP contribution < -0.4 is 5.32 Å². The summed E-state index contributed by atoms with van der Waals surface area (Å²) in [4.78, 5) is 12.7. The number of anilines is 1. The fourth-order valence-electron chi connectivity index (χ4n) is 3.78. The van der Waals surface area contributed by atoms with E-state index in [1.54, 1.807) is 0 Å². The van der Waals surface area contributed by atoms with Crippen molar-refractivity contribution in [1.29, 1.82) is 0 Å². The number of thioether (sulfide) groups is 1. The second-order valence-electron chi connectivity index (χ2n) is 7.46. The van der Waals surface area contributed by atoms with E-state index in [4.69, 9.17) is 0 Å². The van der Waals surface area contributed by atoms with Gasteiger partial charge >= 0.3 is 0 Å². The zero-order valence-corrected chi connectivity index (χ0v) is 17.4. The Balaban J connectivity index is 1.58. The number of nitrogens with one attached hydrogen (secondary N) is 1. The van der Waals surface area contributed by atoms with Crippen LogP contribution in [0.4, 0.5) is 5.69 Å². The van der Waals surface area contributed by atoms with E-state index in [0.29, 0.717) is 5.92 Å². The summed E-state index contributed by atoms with van der Waals surface area (Å²) in [6, 6.07) is 19.8. The van der Waals surface area contributed by atoms with Crippen molar-refractivity contribution in [2.24, 2.45) is 0 Å². The van der Waals surface area contributed by atoms with Gasteiger partial charge < -0.3 is 5.32 Å². The van der Waals surface area contributed by atoms with Gasteiger partial charge in [0.1, 0.15) is 5.82 Å². The van der Waals surface area contributed by atoms with Gasteiger partial charge in [0.15, 0.2) is 5.16 Å². The smallest absolute Gasteiger partial charge is 0.237 e. The van der Waals surface area contributed by atoms with Gasteiger partial charge in [-0.2, -0.15) is 0 Å². The lowest BCUT2D eigenvalue weighted by atomic mass is 9.88. The predicted octanol–water partition coefficient (Wildman–Crippen LogP) is 5.43. The van der Waals surface area contributed by atoms with E-state index in [0.717, 1.165) is 35.2 Å². The Morgan fingerprint density at radius 1 is 1.00 bits per heavy atom. The molecule has 1 heterocycles. The van der Waals surface area contributed by atoms with Gasteiger partial charge in [-0.15, -0.1) is 10.2 Å². The highest BCUT2D eigenvalue weighted by molar-refractivity contribution is 8.00. The van der Waals surface area contributed by atoms with E-state index in [1.807, 2.05) is 55.5 Å². The molecule has 150 valence electrons. The van der Waals surface area contributed by atoms with Gasteiger partial charge in [0.2, 0.25) is 5.91 Å². The Hall–Kier alpha value is -2.60. The third kappa shape index (κ3) is 4.70. The summed E-state index contributed by atoms with van der Waals surface area (Å²) < 4.78 is 2.15. The number of nitrogens with zero attached hydrogens (tertiary/aromatic N) is 3. The summed E-state index contributed by atoms with van der Waals surface area (Å²) in [5.74, 6) is 1.41. The van der Waals surface area contributed by atoms with Gasteiger partial charge in [-0.05, 0) is 44.0 Å². The largest absolute Gasteiger partial charge is 0.325 e. The lowest BCUT2D eigenvalue weighted by Gasteiger charge is -2.22. The van der Waals surface area contributed by atoms with Crippen LogP contribution in [0.25, 0.3) is 5.69 Å². The molecular weight excluding hydrogens is 380 g/mol. The zero-order valence-electron chi connectivity index (χ0n) is 16.6. The Kier molecular flexibility index (Phi) is 6.30. The minimum atomic E-state index is -0.291. The molecule has 0 radical (unpaired) electrons. The summed E-state index contributed by atoms with van der Waals surface area (Å²) in [7, 11) is 0. The van der Waals surface area contributed by atoms with Crippen LogP contribution in [0.2, 0.25) is 0 Å². The molecule has 1 fully saturated rings. The summed E-state index contributed by atoms with van der Waals surface area (Å²) in [5.41, 5.74) is 1.86. The molecule has 4 rings (SSSR count). The van der Waals surface area contributed by atoms with Crippen LogP contribution >= 0.6 is 11.8 Å². The van der Waals surface area contributed by atoms with Crippen molar-refractivity contribution < 1.29 is 4.79 Å². The van der Waals surface area contributed by atoms with Crippen LogP contribution in [0.15, 0.2) is 65.8 Å². The molecule has 6 heteroatoms. The molecule has 1 amide bonds. The van der Waals surface area contributed by atoms with Gasteiger partial charge in [-0.25, -0.2) is 0 Å². The molecule has 5 nitrogen and oxygen atoms in total. The highest BCUT2D eigenvalue weighted by atomic mass is 32.2. The topological polar surface area (TPSA) is 59.8 Å². The van der Waals surface area contributed by atoms with E-state index < -0.39 is 0 Å². The first-order valence-electron chi connectivity index (χ1n) is 10.3. The Bertz CT molecular complexity index is 936. The molecule has 0 aliphatic heterocycles. The molecule has 1 aliphatic carbocycles. The molecule has 3 aromatic rings. The van der Waals surface area contributed by atoms with E-state index >= 15 is 0 Å². The van der Waals surface area contributed by atoms with E-state index in [-0.39, 0.29) is 11.2 Å². The van der Waals surface area contributed by atoms with Crippen molar-refractivity contribution in [1.82, 2.24) is 14.8 Å². The van der Waals surface area contributed by atoms with Crippen LogP contribution in [0.1, 0.15) is 50.8 Å². The minimum absolute atomic E-state index is 0.0389. The lowest BCUT2D eigenvalue weighted by molar-refractivity contribution is -0.115. The molecule has 0 bridgehead atoms. The molecule has 0 spiro atoms. The maximum Gasteiger partial charge on any atom is 0.237 e. The van der Waals surface area contributed by atoms with Crippen LogP contribution in [0.5, 0.6) is 0 Å². The number of carbonyl (C=O) groups excluding carboxylic acids is 1. The van der Waals surface area contributed by atoms with Gasteiger partial charge in [-0.1, -0.05) is 67.4 Å². The number of rotatable bonds is 6. The monoisotopic (exact) mass is 406 g/mol. The molecule has 1 atom stereocenters. The third-order valence-corrected chi connectivity index (χ3v) is 6.38. The van der Waals surface area contributed by atoms with Gasteiger partial charge in [0.05, 0.1) is 5.25 Å². The maximum absolute atomic E-state index is 12.7. The molecule has 1 N–H and O–H groups in total. The number of carbonyl (C=O) groups is 1. The summed E-state index contributed by atoms with van der Waals surface area (Å²) in [5, 5.41) is 12.5. The fourth-order valence-corrected chi connectivity index (χ4v) is 4.65. The van der Waals surface area contributed by atoms with Crippen LogP contribution in [-0.4, -0.2) is 25.9 Å². The first-order valence-corrected chi connectivity index (χ1v) is 11.1. The maximum atomic E-state index is 12.7. The summed E-state index contributed by atoms with van der Waals surface area (Å²) in [6.07, 6.45) is 6.09. The highest BCUT2D eigenvalue weighted by Crippen LogP contribution is 2.35. The molecule has 1 saturated carbocycles. The van der Waals surface area contributed by atoms with Gasteiger partial charge in [0, 0.05) is 17.3 Å². The number of hydrogen-bond donors (Lipinski definition) is 1. The third-order valence-electron chi connectivity index (χ3n) is 5.34. The quantitative estimate of drug-likeness (QED) is 0.554. The Labute approximate surface area is 175 Å². The zero-order chi connectivity index (χ0) is 20.1. The van der Waals surface area contributed by atoms with Crippen LogP contribution in [-0.2, 0) is 4.79 Å². The highest BCUT2D eigenvalue weighted by Gasteiger charge is 2.26. The van der Waals surface area contributed by atoms with Crippen molar-refractivity contribution in [2.45, 2.75) is 55.4 Å². The Morgan fingerprint density at radius 2 is 1.66 bits per heavy atom. The van der Waals surface area contributed by atoms with Crippen LogP contribution in [0, 0.1) is 0 Å². The van der Waals surface area contributed by atoms with E-state index in [2.05, 4.69) is 32.2 Å². The van der Waals surface area contributed by atoms with Crippen molar-refractivity contribution in [3.8, 4) is 5.69 Å². The van der Waals surface area contributed by atoms with Gasteiger partial charge in [-0.3, -0.25) is 9.36 Å². The second kappa shape index (κ2) is 9.27. The summed E-state index contributed by atoms with van der Waals surface area (Å²) in [6.45, 7) is 1.91. The first-order chi connectivity index (χ1) is 14.2. The second-order valence-corrected chi connectivity index (χ2v) is 8.77. The predicted molar refractivity (Wildman–Crippen MR) is 118 cm³/mol. The standard InChI is InChI=1S/C23H26N4OS/c1-17(22(28)24-19-13-7-3-8-14-19)29-23-26-25-21(18-11-5-2-6-12-18)27(23)20-15-9-4-10-16-20/h3-4,7-10,13-18H,2,5-6,11-12H2,1H3,(H,24,28)/t17-/m1/s1. The number of benzene rings is 2. The average molecular weight is 407 g/mol. The molecule has 1 aromatic heterocycles. The number of amides is 1. The molecule has 2 aromatic carbocycles. The normalized spacial score (nSPS) is 15.8. The number of hydrogen-bond acceptors (Lipinski definition) is 4. The molecule has 0 unspecified atom stereocenters. The molecule has 0 saturated heterocycles. The van der Waals surface area contributed by atoms with Crippen molar-refractivity contribution >= 4 is 23.4 Å². The number of aromatic nitrogens is 3. The molecular formula is C23H26N4OS. The van der Waals surface area contributed by atoms with E-state index in [1.165, 1.54) is 31.0 Å². The number of para-hydroxylation sites is 2. The van der Waals surface area contributed by atoms with Crippen molar-refractivity contribution in [2.75, 3.05) is 5.32 Å². The molecule has 29 heavy (non-hydrogen) atoms. The van der Waals surface area contributed by atoms with Gasteiger partial charge in [0.25, 0.3) is 0 Å². The SMILES string of the molecule is C[C@@H](Sc1nnc(C2CCCCC2)n1-c1ccccc1)C(=O)Nc1ccccc1. The van der Waals surface area contributed by atoms with Crippen LogP contribution in [0.3, 0.4) is 0 Å². The lowest BCUT2D eigenvalue weighted by Crippen LogP contribution is -2.23. The van der Waals surface area contributed by atoms with Crippen molar-refractivity contribution in [3.63, 3.8) is 0 Å². The summed E-state index contributed by atoms with van der Waals surface area (Å²) >= 11 is 1.45. The molecule has 1 aliphatic rings. The fraction of sp³-hybridized carbons (Fsp3) is 0.348. The Morgan fingerprint density at radius 3 is 2.34 bits per heavy atom. The first kappa shape index (κ1) is 19.7. The van der Waals surface area contributed by atoms with Crippen molar-refractivity contribution in [3.05, 3.63) is 66.5 Å². The average Bonchev–Trinajstić information content (AvgIpc) is 3.19. The van der Waals surface area contributed by atoms with E-state index in [9.17, 15) is 4.79 Å².